The first kappa shape index (κ1) is 13.0. The summed E-state index contributed by atoms with van der Waals surface area (Å²) in [6.07, 6.45) is 5.46. The Hall–Kier alpha value is -1.02. The van der Waals surface area contributed by atoms with Gasteiger partial charge in [-0.1, -0.05) is 24.6 Å². The zero-order valence-electron chi connectivity index (χ0n) is 12.2. The van der Waals surface area contributed by atoms with Crippen LogP contribution in [0.2, 0.25) is 0 Å². The molecule has 1 fully saturated rings. The predicted octanol–water partition coefficient (Wildman–Crippen LogP) is 3.85. The van der Waals surface area contributed by atoms with Crippen LogP contribution in [0, 0.1) is 0 Å². The minimum atomic E-state index is 0.706. The van der Waals surface area contributed by atoms with Crippen molar-refractivity contribution in [2.75, 3.05) is 18.4 Å². The zero-order chi connectivity index (χ0) is 13.2. The Morgan fingerprint density at radius 3 is 2.68 bits per heavy atom. The average molecular weight is 258 g/mol. The smallest absolute Gasteiger partial charge is 0.0376 e. The van der Waals surface area contributed by atoms with Gasteiger partial charge in [0.05, 0.1) is 0 Å². The summed E-state index contributed by atoms with van der Waals surface area (Å²) >= 11 is 0. The second kappa shape index (κ2) is 5.54. The number of anilines is 1. The third-order valence-electron chi connectivity index (χ3n) is 5.05. The maximum atomic E-state index is 3.54. The third-order valence-corrected chi connectivity index (χ3v) is 5.05. The first-order valence-corrected chi connectivity index (χ1v) is 7.84. The fraction of sp³-hybridized carbons (Fsp3) is 0.647. The van der Waals surface area contributed by atoms with E-state index in [9.17, 15) is 0 Å². The summed E-state index contributed by atoms with van der Waals surface area (Å²) in [6.45, 7) is 7.17. The largest absolute Gasteiger partial charge is 0.384 e. The number of para-hydroxylation sites is 1. The molecule has 2 aliphatic rings. The van der Waals surface area contributed by atoms with E-state index in [1.807, 2.05) is 0 Å². The fourth-order valence-electron chi connectivity index (χ4n) is 3.84. The van der Waals surface area contributed by atoms with Crippen molar-refractivity contribution in [3.8, 4) is 0 Å². The molecule has 0 amide bonds. The molecule has 0 spiro atoms. The number of nitrogens with one attached hydrogen (secondary N) is 1. The lowest BCUT2D eigenvalue weighted by Crippen LogP contribution is -2.44. The summed E-state index contributed by atoms with van der Waals surface area (Å²) in [5.41, 5.74) is 2.88. The summed E-state index contributed by atoms with van der Waals surface area (Å²) < 4.78 is 0. The molecule has 0 aliphatic carbocycles. The number of hydrogen-bond acceptors (Lipinski definition) is 2. The molecule has 0 aromatic heterocycles. The molecule has 1 N–H and O–H groups in total. The van der Waals surface area contributed by atoms with E-state index >= 15 is 0 Å². The predicted molar refractivity (Wildman–Crippen MR) is 81.8 cm³/mol. The van der Waals surface area contributed by atoms with Crippen molar-refractivity contribution in [3.63, 3.8) is 0 Å². The Bertz CT molecular complexity index is 419. The number of hydrogen-bond donors (Lipinski definition) is 1. The first-order valence-electron chi connectivity index (χ1n) is 7.84. The lowest BCUT2D eigenvalue weighted by atomic mass is 9.94. The molecular weight excluding hydrogens is 232 g/mol. The van der Waals surface area contributed by atoms with E-state index in [2.05, 4.69) is 48.3 Å². The van der Waals surface area contributed by atoms with Crippen LogP contribution in [0.1, 0.15) is 51.0 Å². The molecule has 1 saturated heterocycles. The second-order valence-electron chi connectivity index (χ2n) is 6.32. The van der Waals surface area contributed by atoms with Crippen molar-refractivity contribution in [2.24, 2.45) is 0 Å². The summed E-state index contributed by atoms with van der Waals surface area (Å²) in [5, 5.41) is 3.54. The van der Waals surface area contributed by atoms with Crippen molar-refractivity contribution in [1.82, 2.24) is 4.90 Å². The van der Waals surface area contributed by atoms with Gasteiger partial charge in [0.25, 0.3) is 0 Å². The zero-order valence-corrected chi connectivity index (χ0v) is 12.2. The monoisotopic (exact) mass is 258 g/mol. The highest BCUT2D eigenvalue weighted by Crippen LogP contribution is 2.34. The molecule has 1 unspecified atom stereocenters. The van der Waals surface area contributed by atoms with E-state index in [0.717, 1.165) is 18.6 Å². The van der Waals surface area contributed by atoms with Crippen molar-refractivity contribution in [2.45, 2.75) is 57.5 Å². The minimum absolute atomic E-state index is 0.706. The summed E-state index contributed by atoms with van der Waals surface area (Å²) in [4.78, 5) is 2.73. The molecule has 2 aliphatic heterocycles. The van der Waals surface area contributed by atoms with Gasteiger partial charge in [-0.15, -0.1) is 0 Å². The van der Waals surface area contributed by atoms with Crippen LogP contribution in [0.3, 0.4) is 0 Å². The van der Waals surface area contributed by atoms with Crippen LogP contribution in [0.15, 0.2) is 24.3 Å². The molecule has 0 bridgehead atoms. The van der Waals surface area contributed by atoms with Gasteiger partial charge in [-0.05, 0) is 51.3 Å². The number of likely N-dealkylation sites (tertiary alicyclic amines) is 1. The lowest BCUT2D eigenvalue weighted by Gasteiger charge is -2.39. The van der Waals surface area contributed by atoms with Gasteiger partial charge in [-0.3, -0.25) is 4.90 Å². The minimum Gasteiger partial charge on any atom is -0.384 e. The number of rotatable bonds is 3. The molecule has 3 atom stereocenters. The molecule has 2 nitrogen and oxygen atoms in total. The number of fused-ring (bicyclic) bond motifs is 1. The molecular formula is C17H26N2. The molecule has 0 radical (unpaired) electrons. The van der Waals surface area contributed by atoms with E-state index in [4.69, 9.17) is 0 Å². The van der Waals surface area contributed by atoms with Gasteiger partial charge in [0.1, 0.15) is 0 Å². The molecule has 0 saturated carbocycles. The SMILES string of the molecule is C[C@@H]1CCC[C@H](C)N1CCC1CNc2ccccc21. The van der Waals surface area contributed by atoms with Crippen LogP contribution >= 0.6 is 0 Å². The van der Waals surface area contributed by atoms with Gasteiger partial charge in [0.2, 0.25) is 0 Å². The quantitative estimate of drug-likeness (QED) is 0.886. The summed E-state index contributed by atoms with van der Waals surface area (Å²) in [6, 6.07) is 10.3. The Morgan fingerprint density at radius 1 is 1.16 bits per heavy atom. The van der Waals surface area contributed by atoms with Crippen LogP contribution in [0.4, 0.5) is 5.69 Å². The molecule has 19 heavy (non-hydrogen) atoms. The van der Waals surface area contributed by atoms with Crippen LogP contribution in [-0.4, -0.2) is 30.1 Å². The fourth-order valence-corrected chi connectivity index (χ4v) is 3.84. The van der Waals surface area contributed by atoms with E-state index in [0.29, 0.717) is 5.92 Å². The van der Waals surface area contributed by atoms with Crippen molar-refractivity contribution in [1.29, 1.82) is 0 Å². The highest BCUT2D eigenvalue weighted by molar-refractivity contribution is 5.57. The van der Waals surface area contributed by atoms with E-state index in [1.165, 1.54) is 43.5 Å². The van der Waals surface area contributed by atoms with Crippen molar-refractivity contribution in [3.05, 3.63) is 29.8 Å². The van der Waals surface area contributed by atoms with Gasteiger partial charge in [0.15, 0.2) is 0 Å². The second-order valence-corrected chi connectivity index (χ2v) is 6.32. The summed E-state index contributed by atoms with van der Waals surface area (Å²) in [5.74, 6) is 0.706. The van der Waals surface area contributed by atoms with Crippen molar-refractivity contribution < 1.29 is 0 Å². The first-order chi connectivity index (χ1) is 9.25. The standard InChI is InChI=1S/C17H26N2/c1-13-6-5-7-14(2)19(13)11-10-15-12-18-17-9-4-3-8-16(15)17/h3-4,8-9,13-15,18H,5-7,10-12H2,1-2H3/t13-,14+,15?. The van der Waals surface area contributed by atoms with E-state index in [1.54, 1.807) is 0 Å². The van der Waals surface area contributed by atoms with Crippen LogP contribution in [0.25, 0.3) is 0 Å². The Morgan fingerprint density at radius 2 is 1.89 bits per heavy atom. The maximum absolute atomic E-state index is 3.54. The topological polar surface area (TPSA) is 15.3 Å². The maximum Gasteiger partial charge on any atom is 0.0376 e. The molecule has 104 valence electrons. The molecule has 1 aromatic rings. The molecule has 3 rings (SSSR count). The van der Waals surface area contributed by atoms with Gasteiger partial charge in [-0.25, -0.2) is 0 Å². The third kappa shape index (κ3) is 2.64. The summed E-state index contributed by atoms with van der Waals surface area (Å²) in [7, 11) is 0. The Balaban J connectivity index is 1.61. The lowest BCUT2D eigenvalue weighted by molar-refractivity contribution is 0.100. The molecule has 2 heteroatoms. The van der Waals surface area contributed by atoms with Gasteiger partial charge >= 0.3 is 0 Å². The number of nitrogens with zero attached hydrogens (tertiary/aromatic N) is 1. The molecule has 1 aromatic carbocycles. The Labute approximate surface area is 117 Å². The van der Waals surface area contributed by atoms with Gasteiger partial charge in [0, 0.05) is 30.2 Å². The average Bonchev–Trinajstić information content (AvgIpc) is 2.82. The van der Waals surface area contributed by atoms with Crippen LogP contribution in [-0.2, 0) is 0 Å². The highest BCUT2D eigenvalue weighted by Gasteiger charge is 2.27. The van der Waals surface area contributed by atoms with Gasteiger partial charge < -0.3 is 5.32 Å². The van der Waals surface area contributed by atoms with E-state index < -0.39 is 0 Å². The Kier molecular flexibility index (Phi) is 3.79. The van der Waals surface area contributed by atoms with E-state index in [-0.39, 0.29) is 0 Å². The normalized spacial score (nSPS) is 30.9. The van der Waals surface area contributed by atoms with Crippen LogP contribution < -0.4 is 5.32 Å². The number of benzene rings is 1. The molecule has 2 heterocycles. The van der Waals surface area contributed by atoms with Crippen LogP contribution in [0.5, 0.6) is 0 Å². The number of piperidine rings is 1. The highest BCUT2D eigenvalue weighted by atomic mass is 15.2. The van der Waals surface area contributed by atoms with Gasteiger partial charge in [-0.2, -0.15) is 0 Å². The van der Waals surface area contributed by atoms with Crippen molar-refractivity contribution >= 4 is 5.69 Å².